The summed E-state index contributed by atoms with van der Waals surface area (Å²) in [6, 6.07) is 7.58. The van der Waals surface area contributed by atoms with Crippen LogP contribution in [0.3, 0.4) is 0 Å². The average molecular weight is 352 g/mol. The summed E-state index contributed by atoms with van der Waals surface area (Å²) in [5.74, 6) is -0.232. The van der Waals surface area contributed by atoms with Crippen molar-refractivity contribution in [2.45, 2.75) is 39.3 Å². The van der Waals surface area contributed by atoms with E-state index < -0.39 is 9.84 Å². The van der Waals surface area contributed by atoms with Gasteiger partial charge >= 0.3 is 0 Å². The molecule has 1 N–H and O–H groups in total. The molecule has 132 valence electrons. The van der Waals surface area contributed by atoms with Crippen molar-refractivity contribution >= 4 is 21.7 Å². The zero-order valence-electron chi connectivity index (χ0n) is 14.1. The van der Waals surface area contributed by atoms with E-state index in [1.165, 1.54) is 11.8 Å². The summed E-state index contributed by atoms with van der Waals surface area (Å²) in [4.78, 5) is 25.3. The minimum atomic E-state index is -3.06. The molecule has 1 aliphatic rings. The molecule has 0 aliphatic carbocycles. The van der Waals surface area contributed by atoms with Crippen LogP contribution < -0.4 is 5.32 Å². The third kappa shape index (κ3) is 5.33. The zero-order valence-corrected chi connectivity index (χ0v) is 14.9. The maximum Gasteiger partial charge on any atom is 0.222 e. The van der Waals surface area contributed by atoms with Gasteiger partial charge in [-0.25, -0.2) is 8.42 Å². The summed E-state index contributed by atoms with van der Waals surface area (Å²) in [6.45, 7) is 4.10. The fourth-order valence-corrected chi connectivity index (χ4v) is 4.57. The van der Waals surface area contributed by atoms with Gasteiger partial charge in [0, 0.05) is 32.5 Å². The van der Waals surface area contributed by atoms with Crippen molar-refractivity contribution in [3.8, 4) is 0 Å². The van der Waals surface area contributed by atoms with Crippen LogP contribution in [0.1, 0.15) is 30.9 Å². The van der Waals surface area contributed by atoms with Crippen molar-refractivity contribution < 1.29 is 18.0 Å². The molecular formula is C17H24N2O4S. The molecule has 24 heavy (non-hydrogen) atoms. The molecule has 2 rings (SSSR count). The molecule has 0 spiro atoms. The van der Waals surface area contributed by atoms with Crippen LogP contribution in [-0.2, 0) is 26.0 Å². The summed E-state index contributed by atoms with van der Waals surface area (Å²) in [6.07, 6.45) is 0.620. The first-order valence-electron chi connectivity index (χ1n) is 8.07. The van der Waals surface area contributed by atoms with E-state index in [1.807, 2.05) is 31.2 Å². The Balaban J connectivity index is 1.82. The summed E-state index contributed by atoms with van der Waals surface area (Å²) < 4.78 is 23.1. The molecule has 1 aromatic rings. The van der Waals surface area contributed by atoms with Gasteiger partial charge in [-0.3, -0.25) is 9.59 Å². The first-order chi connectivity index (χ1) is 11.3. The SMILES string of the molecule is CC(=O)N(CCC(=O)NCc1ccc(C)cc1)C1CCS(=O)(=O)C1. The van der Waals surface area contributed by atoms with Crippen LogP contribution >= 0.6 is 0 Å². The predicted molar refractivity (Wildman–Crippen MR) is 92.1 cm³/mol. The van der Waals surface area contributed by atoms with Crippen LogP contribution in [0.25, 0.3) is 0 Å². The molecule has 0 radical (unpaired) electrons. The molecule has 7 heteroatoms. The summed E-state index contributed by atoms with van der Waals surface area (Å²) in [5.41, 5.74) is 2.17. The number of sulfone groups is 1. The average Bonchev–Trinajstić information content (AvgIpc) is 2.86. The van der Waals surface area contributed by atoms with E-state index in [-0.39, 0.29) is 42.3 Å². The summed E-state index contributed by atoms with van der Waals surface area (Å²) in [5, 5.41) is 2.82. The highest BCUT2D eigenvalue weighted by atomic mass is 32.2. The number of hydrogen-bond acceptors (Lipinski definition) is 4. The van der Waals surface area contributed by atoms with Crippen LogP contribution in [0.15, 0.2) is 24.3 Å². The number of amides is 2. The second kappa shape index (κ2) is 7.79. The van der Waals surface area contributed by atoms with E-state index >= 15 is 0 Å². The Morgan fingerprint density at radius 1 is 1.25 bits per heavy atom. The number of aryl methyl sites for hydroxylation is 1. The molecule has 1 fully saturated rings. The van der Waals surface area contributed by atoms with Crippen LogP contribution in [-0.4, -0.2) is 49.2 Å². The molecule has 1 atom stereocenters. The van der Waals surface area contributed by atoms with Crippen molar-refractivity contribution in [1.29, 1.82) is 0 Å². The largest absolute Gasteiger partial charge is 0.352 e. The highest BCUT2D eigenvalue weighted by molar-refractivity contribution is 7.91. The van der Waals surface area contributed by atoms with Gasteiger partial charge in [0.2, 0.25) is 11.8 Å². The van der Waals surface area contributed by atoms with Crippen LogP contribution in [0.2, 0.25) is 0 Å². The number of nitrogens with one attached hydrogen (secondary N) is 1. The van der Waals surface area contributed by atoms with E-state index in [2.05, 4.69) is 5.32 Å². The van der Waals surface area contributed by atoms with Gasteiger partial charge in [-0.1, -0.05) is 29.8 Å². The van der Waals surface area contributed by atoms with Crippen molar-refractivity contribution in [1.82, 2.24) is 10.2 Å². The Morgan fingerprint density at radius 3 is 2.46 bits per heavy atom. The molecule has 1 aromatic carbocycles. The van der Waals surface area contributed by atoms with Crippen molar-refractivity contribution in [2.24, 2.45) is 0 Å². The molecule has 0 saturated carbocycles. The monoisotopic (exact) mass is 352 g/mol. The van der Waals surface area contributed by atoms with Gasteiger partial charge in [0.1, 0.15) is 0 Å². The number of carbonyl (C=O) groups excluding carboxylic acids is 2. The van der Waals surface area contributed by atoms with Crippen molar-refractivity contribution in [3.05, 3.63) is 35.4 Å². The van der Waals surface area contributed by atoms with E-state index in [1.54, 1.807) is 0 Å². The number of rotatable bonds is 6. The molecule has 6 nitrogen and oxygen atoms in total. The van der Waals surface area contributed by atoms with E-state index in [0.29, 0.717) is 13.0 Å². The number of benzene rings is 1. The van der Waals surface area contributed by atoms with Crippen molar-refractivity contribution in [2.75, 3.05) is 18.1 Å². The Morgan fingerprint density at radius 2 is 1.92 bits per heavy atom. The molecule has 0 bridgehead atoms. The molecule has 0 aromatic heterocycles. The van der Waals surface area contributed by atoms with Gasteiger partial charge in [0.25, 0.3) is 0 Å². The molecule has 2 amide bonds. The molecule has 1 aliphatic heterocycles. The lowest BCUT2D eigenvalue weighted by molar-refractivity contribution is -0.131. The Bertz CT molecular complexity index is 698. The van der Waals surface area contributed by atoms with Gasteiger partial charge in [0.05, 0.1) is 11.5 Å². The topological polar surface area (TPSA) is 83.6 Å². The first-order valence-corrected chi connectivity index (χ1v) is 9.89. The Hall–Kier alpha value is -1.89. The second-order valence-electron chi connectivity index (χ2n) is 6.28. The smallest absolute Gasteiger partial charge is 0.222 e. The number of nitrogens with zero attached hydrogens (tertiary/aromatic N) is 1. The minimum absolute atomic E-state index is 0.00242. The third-order valence-electron chi connectivity index (χ3n) is 4.24. The summed E-state index contributed by atoms with van der Waals surface area (Å²) >= 11 is 0. The maximum atomic E-state index is 12.0. The standard InChI is InChI=1S/C17H24N2O4S/c1-13-3-5-15(6-4-13)11-18-17(21)7-9-19(14(2)20)16-8-10-24(22,23)12-16/h3-6,16H,7-12H2,1-2H3,(H,18,21). The second-order valence-corrected chi connectivity index (χ2v) is 8.51. The van der Waals surface area contributed by atoms with E-state index in [0.717, 1.165) is 11.1 Å². The predicted octanol–water partition coefficient (Wildman–Crippen LogP) is 1.04. The first kappa shape index (κ1) is 18.4. The number of hydrogen-bond donors (Lipinski definition) is 1. The summed E-state index contributed by atoms with van der Waals surface area (Å²) in [7, 11) is -3.06. The number of carbonyl (C=O) groups is 2. The zero-order chi connectivity index (χ0) is 17.7. The van der Waals surface area contributed by atoms with Crippen molar-refractivity contribution in [3.63, 3.8) is 0 Å². The molecule has 1 saturated heterocycles. The lowest BCUT2D eigenvalue weighted by Gasteiger charge is -2.26. The lowest BCUT2D eigenvalue weighted by Crippen LogP contribution is -2.42. The minimum Gasteiger partial charge on any atom is -0.352 e. The fourth-order valence-electron chi connectivity index (χ4n) is 2.84. The van der Waals surface area contributed by atoms with Gasteiger partial charge < -0.3 is 10.2 Å². The van der Waals surface area contributed by atoms with E-state index in [4.69, 9.17) is 0 Å². The van der Waals surface area contributed by atoms with E-state index in [9.17, 15) is 18.0 Å². The Labute approximate surface area is 143 Å². The van der Waals surface area contributed by atoms with Crippen LogP contribution in [0, 0.1) is 6.92 Å². The van der Waals surface area contributed by atoms with Gasteiger partial charge in [-0.05, 0) is 18.9 Å². The van der Waals surface area contributed by atoms with Crippen LogP contribution in [0.4, 0.5) is 0 Å². The van der Waals surface area contributed by atoms with Gasteiger partial charge in [-0.2, -0.15) is 0 Å². The maximum absolute atomic E-state index is 12.0. The highest BCUT2D eigenvalue weighted by Crippen LogP contribution is 2.18. The normalized spacial score (nSPS) is 19.0. The fraction of sp³-hybridized carbons (Fsp3) is 0.529. The van der Waals surface area contributed by atoms with Gasteiger partial charge in [-0.15, -0.1) is 0 Å². The molecule has 1 unspecified atom stereocenters. The van der Waals surface area contributed by atoms with Crippen LogP contribution in [0.5, 0.6) is 0 Å². The molecular weight excluding hydrogens is 328 g/mol. The Kier molecular flexibility index (Phi) is 5.99. The lowest BCUT2D eigenvalue weighted by atomic mass is 10.1. The third-order valence-corrected chi connectivity index (χ3v) is 5.99. The highest BCUT2D eigenvalue weighted by Gasteiger charge is 2.33. The molecule has 1 heterocycles. The quantitative estimate of drug-likeness (QED) is 0.829. The van der Waals surface area contributed by atoms with Gasteiger partial charge in [0.15, 0.2) is 9.84 Å².